The molecule has 0 aliphatic carbocycles. The first-order chi connectivity index (χ1) is 35.3. The number of esters is 2. The Morgan fingerprint density at radius 1 is 0.689 bits per heavy atom. The molecule has 398 valence electrons. The molecule has 4 heterocycles. The number of nitrogens with two attached hydrogens (primary N) is 2. The van der Waals surface area contributed by atoms with Crippen LogP contribution in [0.2, 0.25) is 10.0 Å². The van der Waals surface area contributed by atoms with Gasteiger partial charge in [-0.15, -0.1) is 0 Å². The van der Waals surface area contributed by atoms with Gasteiger partial charge in [0, 0.05) is 36.0 Å². The average Bonchev–Trinajstić information content (AvgIpc) is 4.22. The van der Waals surface area contributed by atoms with Crippen molar-refractivity contribution in [3.8, 4) is 23.7 Å². The lowest BCUT2D eigenvalue weighted by molar-refractivity contribution is -0.148. The molecule has 4 aliphatic heterocycles. The van der Waals surface area contributed by atoms with Crippen LogP contribution in [0.5, 0.6) is 0 Å². The molecule has 0 aromatic heterocycles. The van der Waals surface area contributed by atoms with Gasteiger partial charge in [0.15, 0.2) is 11.1 Å². The summed E-state index contributed by atoms with van der Waals surface area (Å²) in [7, 11) is 2.55. The molecule has 10 atom stereocenters. The number of amides is 4. The fourth-order valence-electron chi connectivity index (χ4n) is 9.12. The van der Waals surface area contributed by atoms with Crippen LogP contribution in [0.1, 0.15) is 64.5 Å². The molecule has 0 unspecified atom stereocenters. The van der Waals surface area contributed by atoms with E-state index in [1.165, 1.54) is 28.1 Å². The van der Waals surface area contributed by atoms with Gasteiger partial charge in [-0.25, -0.2) is 19.6 Å². The van der Waals surface area contributed by atoms with Crippen LogP contribution < -0.4 is 22.1 Å². The number of halogens is 2. The normalized spacial score (nSPS) is 23.4. The molecule has 2 aromatic rings. The first-order valence-electron chi connectivity index (χ1n) is 24.3. The highest BCUT2D eigenvalue weighted by Gasteiger charge is 2.51. The summed E-state index contributed by atoms with van der Waals surface area (Å²) in [6.07, 6.45) is 0.701. The fraction of sp³-hybridized carbons (Fsp3) is 0.538. The van der Waals surface area contributed by atoms with Gasteiger partial charge >= 0.3 is 11.9 Å². The molecule has 0 bridgehead atoms. The molecule has 2 fully saturated rings. The summed E-state index contributed by atoms with van der Waals surface area (Å²) in [6, 6.07) is 8.61. The Labute approximate surface area is 440 Å². The van der Waals surface area contributed by atoms with Gasteiger partial charge in [-0.2, -0.15) is 0 Å². The third-order valence-electron chi connectivity index (χ3n) is 13.1. The van der Waals surface area contributed by atoms with Crippen molar-refractivity contribution in [1.29, 1.82) is 0 Å². The Hall–Kier alpha value is -6.26. The minimum atomic E-state index is -1.40. The van der Waals surface area contributed by atoms with Crippen LogP contribution >= 0.6 is 23.2 Å². The number of likely N-dealkylation sites (tertiary alicyclic amines) is 2. The van der Waals surface area contributed by atoms with E-state index in [0.29, 0.717) is 48.8 Å². The predicted octanol–water partition coefficient (Wildman–Crippen LogP) is 1.92. The van der Waals surface area contributed by atoms with Crippen LogP contribution in [-0.4, -0.2) is 170 Å². The van der Waals surface area contributed by atoms with Gasteiger partial charge in [0.25, 0.3) is 0 Å². The maximum absolute atomic E-state index is 14.3. The van der Waals surface area contributed by atoms with E-state index in [2.05, 4.69) is 34.3 Å². The van der Waals surface area contributed by atoms with Gasteiger partial charge in [-0.1, -0.05) is 59.3 Å². The molecule has 6 N–H and O–H groups in total. The second-order valence-electron chi connectivity index (χ2n) is 18.7. The van der Waals surface area contributed by atoms with E-state index in [4.69, 9.17) is 73.1 Å². The molecule has 6 rings (SSSR count). The fourth-order valence-corrected chi connectivity index (χ4v) is 9.55. The number of carbonyl (C=O) groups excluding carboxylic acids is 6. The number of aliphatic imine (C=N–C) groups is 2. The van der Waals surface area contributed by atoms with Gasteiger partial charge in [0.2, 0.25) is 35.4 Å². The SMILES string of the molecule is COC(=O)[C@@]1(Cc2cccc(Cl)c2)COC([C@@H]2CCCN2C(=O)[C@@H](NC(=O)[C@H](C)N)[C@H](C)OCC#CC#CCO[C@@H](C)[C@H](NC(=O)[C@H](C)N)C(=O)N2CCC[C@H]2C2=N[C@@](Cc3cccc(Cl)c3)(C(=O)OC)CO2)=N1. The monoisotopic (exact) mass is 1060 g/mol. The van der Waals surface area contributed by atoms with Crippen molar-refractivity contribution in [2.45, 2.75) is 126 Å². The van der Waals surface area contributed by atoms with Crippen molar-refractivity contribution in [1.82, 2.24) is 20.4 Å². The standard InChI is InChI=1S/C52H64Cl2N8O12/c1-31(55)43(63)57-41(47(65)61-21-13-19-39(61)45-59-51(29-73-45,49(67)69-5)27-35-15-11-17-37(53)25-35)33(3)71-23-9-7-8-10-24-72-34(4)42(58-44(64)32(2)56)48(66)62-22-14-20-40(62)46-60-52(30-74-46,50(68)70-6)28-36-16-12-18-38(54)26-36/h11-12,15-18,25-26,31-34,39-42H,13-14,19-24,27-30,55-56H2,1-6H3,(H,57,63)(H,58,64)/t31-,32-,33-,34-,39-,40-,41-,42-,51+,52+/m0/s1. The lowest BCUT2D eigenvalue weighted by atomic mass is 9.92. The van der Waals surface area contributed by atoms with Gasteiger partial charge < -0.3 is 60.3 Å². The zero-order chi connectivity index (χ0) is 53.7. The van der Waals surface area contributed by atoms with Crippen molar-refractivity contribution in [2.75, 3.05) is 53.7 Å². The number of rotatable bonds is 20. The summed E-state index contributed by atoms with van der Waals surface area (Å²) in [5.41, 5.74) is 10.5. The molecule has 0 radical (unpaired) electrons. The van der Waals surface area contributed by atoms with Gasteiger partial charge in [-0.3, -0.25) is 19.2 Å². The highest BCUT2D eigenvalue weighted by atomic mass is 35.5. The smallest absolute Gasteiger partial charge is 0.337 e. The van der Waals surface area contributed by atoms with Crippen LogP contribution in [-0.2, 0) is 70.0 Å². The molecule has 2 aromatic carbocycles. The Kier molecular flexibility index (Phi) is 19.9. The van der Waals surface area contributed by atoms with Crippen molar-refractivity contribution in [3.05, 3.63) is 69.7 Å². The molecular weight excluding hydrogens is 1000 g/mol. The first kappa shape index (κ1) is 57.0. The summed E-state index contributed by atoms with van der Waals surface area (Å²) < 4.78 is 34.3. The van der Waals surface area contributed by atoms with E-state index >= 15 is 0 Å². The number of hydrogen-bond donors (Lipinski definition) is 4. The quantitative estimate of drug-likeness (QED) is 0.109. The van der Waals surface area contributed by atoms with Crippen LogP contribution in [0.25, 0.3) is 0 Å². The number of nitrogens with zero attached hydrogens (tertiary/aromatic N) is 4. The minimum absolute atomic E-state index is 0.105. The molecule has 22 heteroatoms. The summed E-state index contributed by atoms with van der Waals surface area (Å²) >= 11 is 12.5. The molecule has 0 saturated carbocycles. The van der Waals surface area contributed by atoms with Crippen LogP contribution in [0.3, 0.4) is 0 Å². The molecule has 20 nitrogen and oxygen atoms in total. The number of ether oxygens (including phenoxy) is 6. The maximum Gasteiger partial charge on any atom is 0.337 e. The number of nitrogens with one attached hydrogen (secondary N) is 2. The Morgan fingerprint density at radius 2 is 1.08 bits per heavy atom. The maximum atomic E-state index is 14.3. The second kappa shape index (κ2) is 25.8. The van der Waals surface area contributed by atoms with E-state index in [9.17, 15) is 28.8 Å². The van der Waals surface area contributed by atoms with Crippen molar-refractivity contribution < 1.29 is 57.2 Å². The van der Waals surface area contributed by atoms with Crippen LogP contribution in [0.4, 0.5) is 0 Å². The number of hydrogen-bond acceptors (Lipinski definition) is 16. The lowest BCUT2D eigenvalue weighted by Gasteiger charge is -2.31. The van der Waals surface area contributed by atoms with Crippen molar-refractivity contribution >= 4 is 70.6 Å². The molecule has 2 saturated heterocycles. The number of methoxy groups -OCH3 is 2. The molecule has 4 amide bonds. The highest BCUT2D eigenvalue weighted by molar-refractivity contribution is 6.31. The Morgan fingerprint density at radius 3 is 1.43 bits per heavy atom. The molecule has 0 spiro atoms. The lowest BCUT2D eigenvalue weighted by Crippen LogP contribution is -2.58. The summed E-state index contributed by atoms with van der Waals surface area (Å²) in [6.45, 7) is 6.29. The Bertz CT molecular complexity index is 2430. The number of benzene rings is 2. The van der Waals surface area contributed by atoms with E-state index in [0.717, 1.165) is 11.1 Å². The van der Waals surface area contributed by atoms with Crippen molar-refractivity contribution in [3.63, 3.8) is 0 Å². The summed E-state index contributed by atoms with van der Waals surface area (Å²) in [4.78, 5) is 93.5. The topological polar surface area (TPSA) is 265 Å². The largest absolute Gasteiger partial charge is 0.476 e. The third kappa shape index (κ3) is 13.9. The van der Waals surface area contributed by atoms with Gasteiger partial charge in [0.1, 0.15) is 50.6 Å². The zero-order valence-corrected chi connectivity index (χ0v) is 43.8. The third-order valence-corrected chi connectivity index (χ3v) is 13.5. The van der Waals surface area contributed by atoms with Crippen LogP contribution in [0.15, 0.2) is 58.5 Å². The van der Waals surface area contributed by atoms with E-state index < -0.39 is 95.1 Å². The van der Waals surface area contributed by atoms with Crippen LogP contribution in [0, 0.1) is 23.7 Å². The van der Waals surface area contributed by atoms with E-state index in [1.807, 2.05) is 12.1 Å². The first-order valence-corrected chi connectivity index (χ1v) is 25.1. The highest BCUT2D eigenvalue weighted by Crippen LogP contribution is 2.33. The van der Waals surface area contributed by atoms with E-state index in [1.54, 1.807) is 60.0 Å². The number of carbonyl (C=O) groups is 6. The Balaban J connectivity index is 1.08. The molecule has 4 aliphatic rings. The van der Waals surface area contributed by atoms with Gasteiger partial charge in [-0.05, 0) is 101 Å². The average molecular weight is 1060 g/mol. The van der Waals surface area contributed by atoms with Gasteiger partial charge in [0.05, 0.1) is 38.5 Å². The predicted molar refractivity (Wildman–Crippen MR) is 274 cm³/mol. The molecule has 74 heavy (non-hydrogen) atoms. The van der Waals surface area contributed by atoms with E-state index in [-0.39, 0.29) is 51.1 Å². The molecular formula is C52H64Cl2N8O12. The summed E-state index contributed by atoms with van der Waals surface area (Å²) in [5.74, 6) is 8.04. The zero-order valence-electron chi connectivity index (χ0n) is 42.3. The summed E-state index contributed by atoms with van der Waals surface area (Å²) in [5, 5.41) is 6.43. The second-order valence-corrected chi connectivity index (χ2v) is 19.6. The van der Waals surface area contributed by atoms with Crippen molar-refractivity contribution in [2.24, 2.45) is 21.5 Å². The minimum Gasteiger partial charge on any atom is -0.476 e.